The molecule has 0 bridgehead atoms. The number of rotatable bonds is 5. The maximum atomic E-state index is 11.9. The molecule has 0 aromatic heterocycles. The predicted molar refractivity (Wildman–Crippen MR) is 137 cm³/mol. The van der Waals surface area contributed by atoms with Crippen LogP contribution in [-0.2, 0) is 0 Å². The SMILES string of the molecule is C/C(=C\CCC(C)(O)C1CC[C@@]2(C)C3CCC4C(C)(C)C(O)CCC4(C)C3CC(O)C12C)CO. The molecular weight excluding hydrogens is 424 g/mol. The van der Waals surface area contributed by atoms with Gasteiger partial charge in [-0.05, 0) is 112 Å². The van der Waals surface area contributed by atoms with E-state index in [9.17, 15) is 20.4 Å². The average molecular weight is 477 g/mol. The summed E-state index contributed by atoms with van der Waals surface area (Å²) in [6.07, 6.45) is 9.92. The molecular formula is C30H52O4. The van der Waals surface area contributed by atoms with Crippen molar-refractivity contribution in [1.82, 2.24) is 0 Å². The summed E-state index contributed by atoms with van der Waals surface area (Å²) >= 11 is 0. The van der Waals surface area contributed by atoms with Gasteiger partial charge in [-0.3, -0.25) is 0 Å². The maximum Gasteiger partial charge on any atom is 0.0657 e. The van der Waals surface area contributed by atoms with Crippen LogP contribution in [0.15, 0.2) is 11.6 Å². The number of aliphatic hydroxyl groups is 4. The molecule has 0 saturated heterocycles. The van der Waals surface area contributed by atoms with E-state index in [-0.39, 0.29) is 40.3 Å². The Bertz CT molecular complexity index is 802. The van der Waals surface area contributed by atoms with Gasteiger partial charge >= 0.3 is 0 Å². The Hall–Kier alpha value is -0.420. The molecule has 9 unspecified atom stereocenters. The molecule has 0 aliphatic heterocycles. The van der Waals surface area contributed by atoms with Crippen LogP contribution in [0.3, 0.4) is 0 Å². The van der Waals surface area contributed by atoms with E-state index in [1.807, 2.05) is 19.9 Å². The fraction of sp³-hybridized carbons (Fsp3) is 0.933. The minimum Gasteiger partial charge on any atom is -0.393 e. The van der Waals surface area contributed by atoms with Crippen LogP contribution in [-0.4, -0.2) is 44.8 Å². The summed E-state index contributed by atoms with van der Waals surface area (Å²) in [5, 5.41) is 43.8. The molecule has 0 spiro atoms. The fourth-order valence-corrected chi connectivity index (χ4v) is 10.3. The second-order valence-corrected chi connectivity index (χ2v) is 14.4. The van der Waals surface area contributed by atoms with Gasteiger partial charge in [-0.25, -0.2) is 0 Å². The van der Waals surface area contributed by atoms with Gasteiger partial charge in [0.15, 0.2) is 0 Å². The minimum atomic E-state index is -0.843. The molecule has 0 aromatic carbocycles. The third-order valence-electron chi connectivity index (χ3n) is 12.6. The Labute approximate surface area is 208 Å². The molecule has 196 valence electrons. The van der Waals surface area contributed by atoms with Gasteiger partial charge in [0.05, 0.1) is 24.4 Å². The molecule has 4 rings (SSSR count). The summed E-state index contributed by atoms with van der Waals surface area (Å²) in [7, 11) is 0. The van der Waals surface area contributed by atoms with Gasteiger partial charge in [-0.2, -0.15) is 0 Å². The van der Waals surface area contributed by atoms with E-state index in [1.165, 1.54) is 6.42 Å². The lowest BCUT2D eigenvalue weighted by Crippen LogP contribution is -2.66. The van der Waals surface area contributed by atoms with Crippen LogP contribution in [0.1, 0.15) is 106 Å². The summed E-state index contributed by atoms with van der Waals surface area (Å²) in [5.41, 5.74) is -0.110. The van der Waals surface area contributed by atoms with Crippen molar-refractivity contribution < 1.29 is 20.4 Å². The first-order valence-electron chi connectivity index (χ1n) is 14.0. The highest BCUT2D eigenvalue weighted by atomic mass is 16.3. The lowest BCUT2D eigenvalue weighted by molar-refractivity contribution is -0.240. The zero-order valence-electron chi connectivity index (χ0n) is 22.9. The second kappa shape index (κ2) is 8.57. The highest BCUT2D eigenvalue weighted by Gasteiger charge is 2.71. The highest BCUT2D eigenvalue weighted by molar-refractivity contribution is 5.20. The van der Waals surface area contributed by atoms with Gasteiger partial charge in [0.2, 0.25) is 0 Å². The monoisotopic (exact) mass is 476 g/mol. The first-order chi connectivity index (χ1) is 15.7. The number of allylic oxidation sites excluding steroid dienone is 1. The summed E-state index contributed by atoms with van der Waals surface area (Å²) in [5.74, 6) is 1.60. The van der Waals surface area contributed by atoms with E-state index in [4.69, 9.17) is 0 Å². The predicted octanol–water partition coefficient (Wildman–Crippen LogP) is 5.47. The van der Waals surface area contributed by atoms with Gasteiger partial charge < -0.3 is 20.4 Å². The summed E-state index contributed by atoms with van der Waals surface area (Å²) in [4.78, 5) is 0. The van der Waals surface area contributed by atoms with Gasteiger partial charge in [0.1, 0.15) is 0 Å². The van der Waals surface area contributed by atoms with Crippen LogP contribution in [0.4, 0.5) is 0 Å². The zero-order valence-corrected chi connectivity index (χ0v) is 22.9. The van der Waals surface area contributed by atoms with Crippen molar-refractivity contribution in [1.29, 1.82) is 0 Å². The lowest BCUT2D eigenvalue weighted by Gasteiger charge is -2.68. The molecule has 4 nitrogen and oxygen atoms in total. The van der Waals surface area contributed by atoms with Crippen LogP contribution >= 0.6 is 0 Å². The van der Waals surface area contributed by atoms with Crippen molar-refractivity contribution in [3.8, 4) is 0 Å². The molecule has 10 atom stereocenters. The number of fused-ring (bicyclic) bond motifs is 5. The average Bonchev–Trinajstić information content (AvgIpc) is 3.05. The largest absolute Gasteiger partial charge is 0.393 e. The van der Waals surface area contributed by atoms with Gasteiger partial charge in [0, 0.05) is 5.41 Å². The third kappa shape index (κ3) is 3.60. The first-order valence-corrected chi connectivity index (χ1v) is 14.0. The van der Waals surface area contributed by atoms with E-state index in [2.05, 4.69) is 34.6 Å². The number of hydrogen-bond acceptors (Lipinski definition) is 4. The molecule has 4 aliphatic rings. The Morgan fingerprint density at radius 2 is 1.62 bits per heavy atom. The smallest absolute Gasteiger partial charge is 0.0657 e. The normalized spacial score (nSPS) is 50.1. The summed E-state index contributed by atoms with van der Waals surface area (Å²) in [6.45, 7) is 15.7. The Balaban J connectivity index is 1.64. The molecule has 0 radical (unpaired) electrons. The lowest BCUT2D eigenvalue weighted by atomic mass is 9.37. The minimum absolute atomic E-state index is 0.00896. The number of aliphatic hydroxyl groups excluding tert-OH is 3. The molecule has 4 saturated carbocycles. The van der Waals surface area contributed by atoms with E-state index in [0.717, 1.165) is 50.5 Å². The van der Waals surface area contributed by atoms with Crippen LogP contribution in [0.2, 0.25) is 0 Å². The number of hydrogen-bond donors (Lipinski definition) is 4. The quantitative estimate of drug-likeness (QED) is 0.397. The van der Waals surface area contributed by atoms with E-state index >= 15 is 0 Å². The van der Waals surface area contributed by atoms with Crippen molar-refractivity contribution in [2.75, 3.05) is 6.61 Å². The molecule has 4 N–H and O–H groups in total. The van der Waals surface area contributed by atoms with Crippen LogP contribution < -0.4 is 0 Å². The van der Waals surface area contributed by atoms with Crippen molar-refractivity contribution in [3.05, 3.63) is 11.6 Å². The first kappa shape index (κ1) is 26.6. The highest BCUT2D eigenvalue weighted by Crippen LogP contribution is 2.74. The summed E-state index contributed by atoms with van der Waals surface area (Å²) < 4.78 is 0. The standard InChI is InChI=1S/C30H52O4/c1-19(18-31)9-8-14-29(6,34)23-12-16-28(5)20-10-11-22-26(2,3)24(32)13-15-27(22,4)21(20)17-25(33)30(23,28)7/h9,20-25,31-34H,8,10-18H2,1-7H3/b19-9+/t20?,21?,22?,23?,24?,25?,27?,28-,29?,30?/m0/s1. The van der Waals surface area contributed by atoms with Crippen LogP contribution in [0.5, 0.6) is 0 Å². The van der Waals surface area contributed by atoms with Crippen LogP contribution in [0.25, 0.3) is 0 Å². The third-order valence-corrected chi connectivity index (χ3v) is 12.6. The Kier molecular flexibility index (Phi) is 6.71. The van der Waals surface area contributed by atoms with Crippen molar-refractivity contribution in [2.45, 2.75) is 124 Å². The zero-order chi connectivity index (χ0) is 25.3. The van der Waals surface area contributed by atoms with Gasteiger partial charge in [0.25, 0.3) is 0 Å². The van der Waals surface area contributed by atoms with Gasteiger partial charge in [-0.15, -0.1) is 0 Å². The summed E-state index contributed by atoms with van der Waals surface area (Å²) in [6, 6.07) is 0. The molecule has 34 heavy (non-hydrogen) atoms. The van der Waals surface area contributed by atoms with E-state index < -0.39 is 11.7 Å². The molecule has 4 heteroatoms. The van der Waals surface area contributed by atoms with E-state index in [1.54, 1.807) is 0 Å². The molecule has 0 aromatic rings. The van der Waals surface area contributed by atoms with Crippen molar-refractivity contribution in [2.24, 2.45) is 45.3 Å². The second-order valence-electron chi connectivity index (χ2n) is 14.4. The Morgan fingerprint density at radius 3 is 2.26 bits per heavy atom. The van der Waals surface area contributed by atoms with Gasteiger partial charge in [-0.1, -0.05) is 46.3 Å². The van der Waals surface area contributed by atoms with Crippen molar-refractivity contribution >= 4 is 0 Å². The topological polar surface area (TPSA) is 80.9 Å². The molecule has 0 heterocycles. The van der Waals surface area contributed by atoms with E-state index in [0.29, 0.717) is 24.2 Å². The van der Waals surface area contributed by atoms with Crippen LogP contribution in [0, 0.1) is 45.3 Å². The maximum absolute atomic E-state index is 11.9. The molecule has 4 aliphatic carbocycles. The van der Waals surface area contributed by atoms with Crippen molar-refractivity contribution in [3.63, 3.8) is 0 Å². The molecule has 0 amide bonds. The molecule has 4 fully saturated rings. The Morgan fingerprint density at radius 1 is 0.941 bits per heavy atom. The fourth-order valence-electron chi connectivity index (χ4n) is 10.3.